The summed E-state index contributed by atoms with van der Waals surface area (Å²) >= 11 is 0. The summed E-state index contributed by atoms with van der Waals surface area (Å²) in [5.74, 6) is 0. The molecule has 2 aromatic rings. The zero-order valence-electron chi connectivity index (χ0n) is 15.3. The van der Waals surface area contributed by atoms with Gasteiger partial charge in [0.2, 0.25) is 0 Å². The van der Waals surface area contributed by atoms with Crippen LogP contribution in [-0.2, 0) is 12.8 Å². The predicted octanol–water partition coefficient (Wildman–Crippen LogP) is 4.05. The van der Waals surface area contributed by atoms with Gasteiger partial charge in [-0.25, -0.2) is 0 Å². The van der Waals surface area contributed by atoms with Crippen LogP contribution in [0.15, 0.2) is 36.4 Å². The van der Waals surface area contributed by atoms with E-state index in [4.69, 9.17) is 0 Å². The molecule has 0 saturated heterocycles. The fourth-order valence-electron chi connectivity index (χ4n) is 3.48. The summed E-state index contributed by atoms with van der Waals surface area (Å²) in [5, 5.41) is 2.49. The molecular weight excluding hydrogens is 278 g/mol. The monoisotopic (exact) mass is 310 g/mol. The maximum atomic E-state index is 2.49. The molecule has 0 aliphatic rings. The first-order chi connectivity index (χ1) is 11.1. The summed E-state index contributed by atoms with van der Waals surface area (Å²) in [6.45, 7) is 11.4. The Bertz CT molecular complexity index is 532. The Morgan fingerprint density at radius 3 is 1.30 bits per heavy atom. The third-order valence-electron chi connectivity index (χ3n) is 4.96. The average Bonchev–Trinajstić information content (AvgIpc) is 2.51. The lowest BCUT2D eigenvalue weighted by Gasteiger charge is -2.10. The van der Waals surface area contributed by atoms with E-state index in [1.807, 2.05) is 0 Å². The Morgan fingerprint density at radius 1 is 0.609 bits per heavy atom. The minimum Gasteiger partial charge on any atom is -0.346 e. The molecule has 0 fully saturated rings. The van der Waals surface area contributed by atoms with Gasteiger partial charge in [0.25, 0.3) is 0 Å². The minimum absolute atomic E-state index is 1.21. The van der Waals surface area contributed by atoms with Crippen molar-refractivity contribution in [1.29, 1.82) is 0 Å². The van der Waals surface area contributed by atoms with Gasteiger partial charge in [-0.05, 0) is 73.9 Å². The molecule has 2 rings (SSSR count). The van der Waals surface area contributed by atoms with E-state index in [0.29, 0.717) is 0 Å². The van der Waals surface area contributed by atoms with Crippen molar-refractivity contribution in [3.05, 3.63) is 69.8 Å². The predicted molar refractivity (Wildman–Crippen MR) is 100 cm³/mol. The molecule has 0 aliphatic heterocycles. The van der Waals surface area contributed by atoms with E-state index in [2.05, 4.69) is 69.4 Å². The lowest BCUT2D eigenvalue weighted by atomic mass is 9.98. The van der Waals surface area contributed by atoms with Crippen LogP contribution in [0.5, 0.6) is 0 Å². The molecule has 0 saturated carbocycles. The van der Waals surface area contributed by atoms with Crippen LogP contribution in [0.3, 0.4) is 0 Å². The van der Waals surface area contributed by atoms with Crippen LogP contribution in [0.2, 0.25) is 0 Å². The fraction of sp³-hybridized carbons (Fsp3) is 0.455. The summed E-state index contributed by atoms with van der Waals surface area (Å²) < 4.78 is 0. The van der Waals surface area contributed by atoms with Gasteiger partial charge in [-0.2, -0.15) is 0 Å². The SMILES string of the molecule is Cc1cccc(C)c1CCC[NH2+]CCCc1c(C)cccc1C. The molecule has 23 heavy (non-hydrogen) atoms. The quantitative estimate of drug-likeness (QED) is 0.708. The number of nitrogens with two attached hydrogens (primary N) is 1. The Hall–Kier alpha value is -1.60. The van der Waals surface area contributed by atoms with Crippen molar-refractivity contribution in [2.45, 2.75) is 53.4 Å². The van der Waals surface area contributed by atoms with E-state index >= 15 is 0 Å². The highest BCUT2D eigenvalue weighted by atomic mass is 14.8. The van der Waals surface area contributed by atoms with Crippen molar-refractivity contribution in [3.63, 3.8) is 0 Å². The number of benzene rings is 2. The second kappa shape index (κ2) is 8.88. The Kier molecular flexibility index (Phi) is 6.85. The molecule has 0 spiro atoms. The van der Waals surface area contributed by atoms with Gasteiger partial charge in [0.05, 0.1) is 13.1 Å². The summed E-state index contributed by atoms with van der Waals surface area (Å²) in [6, 6.07) is 13.3. The third-order valence-corrected chi connectivity index (χ3v) is 4.96. The molecule has 1 heteroatoms. The number of aryl methyl sites for hydroxylation is 4. The van der Waals surface area contributed by atoms with Crippen LogP contribution in [-0.4, -0.2) is 13.1 Å². The molecular formula is C22H32N+. The van der Waals surface area contributed by atoms with Crippen LogP contribution in [0.4, 0.5) is 0 Å². The van der Waals surface area contributed by atoms with E-state index in [1.165, 1.54) is 61.0 Å². The average molecular weight is 311 g/mol. The second-order valence-corrected chi connectivity index (χ2v) is 6.81. The first-order valence-electron chi connectivity index (χ1n) is 9.01. The van der Waals surface area contributed by atoms with Gasteiger partial charge >= 0.3 is 0 Å². The van der Waals surface area contributed by atoms with Crippen molar-refractivity contribution < 1.29 is 5.32 Å². The molecule has 0 bridgehead atoms. The second-order valence-electron chi connectivity index (χ2n) is 6.81. The van der Waals surface area contributed by atoms with Gasteiger partial charge in [-0.3, -0.25) is 0 Å². The van der Waals surface area contributed by atoms with Crippen molar-refractivity contribution >= 4 is 0 Å². The molecule has 0 unspecified atom stereocenters. The Morgan fingerprint density at radius 2 is 0.957 bits per heavy atom. The van der Waals surface area contributed by atoms with Crippen molar-refractivity contribution in [3.8, 4) is 0 Å². The first kappa shape index (κ1) is 17.7. The maximum Gasteiger partial charge on any atom is 0.0758 e. The molecule has 0 heterocycles. The topological polar surface area (TPSA) is 16.6 Å². The van der Waals surface area contributed by atoms with Crippen LogP contribution >= 0.6 is 0 Å². The summed E-state index contributed by atoms with van der Waals surface area (Å²) in [7, 11) is 0. The van der Waals surface area contributed by atoms with Crippen LogP contribution in [0, 0.1) is 27.7 Å². The van der Waals surface area contributed by atoms with Gasteiger partial charge in [-0.15, -0.1) is 0 Å². The lowest BCUT2D eigenvalue weighted by molar-refractivity contribution is -0.655. The summed E-state index contributed by atoms with van der Waals surface area (Å²) in [6.07, 6.45) is 4.97. The van der Waals surface area contributed by atoms with Gasteiger partial charge < -0.3 is 5.32 Å². The first-order valence-corrected chi connectivity index (χ1v) is 9.01. The Labute approximate surface area is 142 Å². The van der Waals surface area contributed by atoms with Crippen molar-refractivity contribution in [2.24, 2.45) is 0 Å². The molecule has 124 valence electrons. The van der Waals surface area contributed by atoms with Gasteiger partial charge in [0.15, 0.2) is 0 Å². The van der Waals surface area contributed by atoms with E-state index in [-0.39, 0.29) is 0 Å². The number of hydrogen-bond acceptors (Lipinski definition) is 0. The van der Waals surface area contributed by atoms with Crippen LogP contribution < -0.4 is 5.32 Å². The third kappa shape index (κ3) is 5.21. The highest BCUT2D eigenvalue weighted by molar-refractivity contribution is 5.34. The van der Waals surface area contributed by atoms with E-state index in [9.17, 15) is 0 Å². The van der Waals surface area contributed by atoms with E-state index in [1.54, 1.807) is 11.1 Å². The summed E-state index contributed by atoms with van der Waals surface area (Å²) in [4.78, 5) is 0. The number of rotatable bonds is 8. The molecule has 0 atom stereocenters. The van der Waals surface area contributed by atoms with Gasteiger partial charge in [-0.1, -0.05) is 36.4 Å². The van der Waals surface area contributed by atoms with Crippen LogP contribution in [0.25, 0.3) is 0 Å². The Balaban J connectivity index is 1.65. The van der Waals surface area contributed by atoms with E-state index < -0.39 is 0 Å². The zero-order valence-corrected chi connectivity index (χ0v) is 15.3. The van der Waals surface area contributed by atoms with Gasteiger partial charge in [0.1, 0.15) is 0 Å². The summed E-state index contributed by atoms with van der Waals surface area (Å²) in [5.41, 5.74) is 8.88. The number of hydrogen-bond donors (Lipinski definition) is 1. The smallest absolute Gasteiger partial charge is 0.0758 e. The standard InChI is InChI=1S/C22H31N/c1-17-9-5-10-18(2)21(17)13-7-15-23-16-8-14-22-19(3)11-6-12-20(22)4/h5-6,9-12,23H,7-8,13-16H2,1-4H3/p+1. The molecule has 2 aromatic carbocycles. The molecule has 2 N–H and O–H groups in total. The lowest BCUT2D eigenvalue weighted by Crippen LogP contribution is -2.84. The normalized spacial score (nSPS) is 11.0. The molecule has 0 aliphatic carbocycles. The minimum atomic E-state index is 1.21. The van der Waals surface area contributed by atoms with Gasteiger partial charge in [0, 0.05) is 12.8 Å². The van der Waals surface area contributed by atoms with Crippen molar-refractivity contribution in [1.82, 2.24) is 0 Å². The molecule has 0 amide bonds. The van der Waals surface area contributed by atoms with E-state index in [0.717, 1.165) is 0 Å². The zero-order chi connectivity index (χ0) is 16.7. The van der Waals surface area contributed by atoms with Crippen LogP contribution in [0.1, 0.15) is 46.2 Å². The maximum absolute atomic E-state index is 2.49. The largest absolute Gasteiger partial charge is 0.346 e. The molecule has 0 radical (unpaired) electrons. The van der Waals surface area contributed by atoms with Crippen molar-refractivity contribution in [2.75, 3.05) is 13.1 Å². The highest BCUT2D eigenvalue weighted by Gasteiger charge is 2.04. The number of quaternary nitrogens is 1. The fourth-order valence-corrected chi connectivity index (χ4v) is 3.48. The molecule has 0 aromatic heterocycles. The molecule has 1 nitrogen and oxygen atoms in total. The highest BCUT2D eigenvalue weighted by Crippen LogP contribution is 2.15.